The van der Waals surface area contributed by atoms with Crippen LogP contribution in [0.15, 0.2) is 10.5 Å². The molecule has 0 spiro atoms. The first-order chi connectivity index (χ1) is 7.49. The molecule has 0 unspecified atom stereocenters. The predicted molar refractivity (Wildman–Crippen MR) is 59.4 cm³/mol. The summed E-state index contributed by atoms with van der Waals surface area (Å²) in [6.45, 7) is 0. The fourth-order valence-electron chi connectivity index (χ4n) is 1.24. The molecule has 1 aromatic carbocycles. The summed E-state index contributed by atoms with van der Waals surface area (Å²) in [5.74, 6) is -2.09. The quantitative estimate of drug-likeness (QED) is 0.835. The van der Waals surface area contributed by atoms with Gasteiger partial charge in [-0.1, -0.05) is 0 Å². The maximum absolute atomic E-state index is 13.5. The Kier molecular flexibility index (Phi) is 3.85. The summed E-state index contributed by atoms with van der Waals surface area (Å²) in [6.07, 6.45) is 0.454. The lowest BCUT2D eigenvalue weighted by atomic mass is 10.0. The van der Waals surface area contributed by atoms with E-state index < -0.39 is 17.5 Å². The van der Waals surface area contributed by atoms with Gasteiger partial charge in [0.2, 0.25) is 0 Å². The van der Waals surface area contributed by atoms with Crippen LogP contribution in [-0.2, 0) is 6.42 Å². The lowest BCUT2D eigenvalue weighted by Gasteiger charge is -2.09. The summed E-state index contributed by atoms with van der Waals surface area (Å²) in [4.78, 5) is 10.8. The number of anilines is 1. The second-order valence-electron chi connectivity index (χ2n) is 3.09. The van der Waals surface area contributed by atoms with Crippen LogP contribution < -0.4 is 5.73 Å². The number of hydrogen-bond acceptors (Lipinski definition) is 3. The van der Waals surface area contributed by atoms with Gasteiger partial charge in [0.05, 0.1) is 21.8 Å². The molecule has 4 nitrogen and oxygen atoms in total. The number of nitrogens with zero attached hydrogens (tertiary/aromatic N) is 1. The number of carboxylic acids is 1. The summed E-state index contributed by atoms with van der Waals surface area (Å²) < 4.78 is 13.6. The maximum Gasteiger partial charge on any atom is 0.337 e. The predicted octanol–water partition coefficient (Wildman–Crippen LogP) is 2.32. The number of carboxylic acid groups (broad SMARTS) is 1. The first kappa shape index (κ1) is 12.5. The van der Waals surface area contributed by atoms with E-state index >= 15 is 0 Å². The first-order valence-electron chi connectivity index (χ1n) is 4.35. The second kappa shape index (κ2) is 4.94. The van der Waals surface area contributed by atoms with Gasteiger partial charge >= 0.3 is 5.97 Å². The SMILES string of the molecule is N#CCCc1cc(C(=O)O)c(N)c(F)c1Br. The van der Waals surface area contributed by atoms with Crippen LogP contribution in [0.3, 0.4) is 0 Å². The molecule has 0 aliphatic heterocycles. The van der Waals surface area contributed by atoms with Gasteiger partial charge in [0, 0.05) is 6.42 Å². The first-order valence-corrected chi connectivity index (χ1v) is 5.15. The van der Waals surface area contributed by atoms with E-state index in [4.69, 9.17) is 16.1 Å². The molecule has 0 bridgehead atoms. The molecule has 0 atom stereocenters. The summed E-state index contributed by atoms with van der Waals surface area (Å²) in [7, 11) is 0. The Hall–Kier alpha value is -1.61. The average molecular weight is 287 g/mol. The number of halogens is 2. The van der Waals surface area contributed by atoms with Gasteiger partial charge in [-0.25, -0.2) is 9.18 Å². The number of benzene rings is 1. The van der Waals surface area contributed by atoms with Crippen LogP contribution in [0.25, 0.3) is 0 Å². The monoisotopic (exact) mass is 286 g/mol. The third-order valence-corrected chi connectivity index (χ3v) is 2.91. The Morgan fingerprint density at radius 3 is 2.81 bits per heavy atom. The molecule has 0 saturated heterocycles. The van der Waals surface area contributed by atoms with Gasteiger partial charge in [0.15, 0.2) is 5.82 Å². The van der Waals surface area contributed by atoms with E-state index in [0.717, 1.165) is 0 Å². The van der Waals surface area contributed by atoms with Crippen molar-refractivity contribution in [3.63, 3.8) is 0 Å². The zero-order valence-electron chi connectivity index (χ0n) is 8.13. The van der Waals surface area contributed by atoms with Crippen molar-refractivity contribution in [1.29, 1.82) is 5.26 Å². The van der Waals surface area contributed by atoms with Gasteiger partial charge in [-0.2, -0.15) is 5.26 Å². The van der Waals surface area contributed by atoms with Crippen LogP contribution in [0.5, 0.6) is 0 Å². The number of nitriles is 1. The van der Waals surface area contributed by atoms with Crippen molar-refractivity contribution in [2.75, 3.05) is 5.73 Å². The Bertz CT molecular complexity index is 483. The van der Waals surface area contributed by atoms with E-state index in [0.29, 0.717) is 5.56 Å². The Morgan fingerprint density at radius 2 is 2.31 bits per heavy atom. The smallest absolute Gasteiger partial charge is 0.337 e. The van der Waals surface area contributed by atoms with Gasteiger partial charge in [0.1, 0.15) is 0 Å². The normalized spacial score (nSPS) is 9.81. The zero-order chi connectivity index (χ0) is 12.3. The van der Waals surface area contributed by atoms with Crippen molar-refractivity contribution < 1.29 is 14.3 Å². The highest BCUT2D eigenvalue weighted by atomic mass is 79.9. The number of hydrogen-bond donors (Lipinski definition) is 2. The molecule has 3 N–H and O–H groups in total. The summed E-state index contributed by atoms with van der Waals surface area (Å²) in [5, 5.41) is 17.2. The van der Waals surface area contributed by atoms with Crippen molar-refractivity contribution in [1.82, 2.24) is 0 Å². The minimum absolute atomic E-state index is 0.116. The third-order valence-electron chi connectivity index (χ3n) is 2.06. The Balaban J connectivity index is 3.30. The molecular formula is C10H8BrFN2O2. The highest BCUT2D eigenvalue weighted by Gasteiger charge is 2.18. The molecule has 6 heteroatoms. The average Bonchev–Trinajstić information content (AvgIpc) is 2.24. The molecule has 0 amide bonds. The van der Waals surface area contributed by atoms with E-state index in [1.165, 1.54) is 6.07 Å². The number of carbonyl (C=O) groups is 1. The number of rotatable bonds is 3. The third kappa shape index (κ3) is 2.31. The van der Waals surface area contributed by atoms with Crippen LogP contribution in [0, 0.1) is 17.1 Å². The molecule has 0 aliphatic carbocycles. The van der Waals surface area contributed by atoms with Crippen molar-refractivity contribution >= 4 is 27.6 Å². The molecule has 1 rings (SSSR count). The highest BCUT2D eigenvalue weighted by molar-refractivity contribution is 9.10. The van der Waals surface area contributed by atoms with Crippen LogP contribution in [-0.4, -0.2) is 11.1 Å². The number of aromatic carboxylic acids is 1. The van der Waals surface area contributed by atoms with Crippen LogP contribution in [0.2, 0.25) is 0 Å². The Labute approximate surface area is 99.6 Å². The lowest BCUT2D eigenvalue weighted by Crippen LogP contribution is -2.07. The van der Waals surface area contributed by atoms with E-state index in [1.54, 1.807) is 0 Å². The molecule has 1 aromatic rings. The van der Waals surface area contributed by atoms with Crippen LogP contribution in [0.4, 0.5) is 10.1 Å². The lowest BCUT2D eigenvalue weighted by molar-refractivity contribution is 0.0697. The van der Waals surface area contributed by atoms with E-state index in [-0.39, 0.29) is 22.9 Å². The van der Waals surface area contributed by atoms with Gasteiger partial charge in [-0.15, -0.1) is 0 Å². The minimum atomic E-state index is -1.29. The molecule has 16 heavy (non-hydrogen) atoms. The molecule has 0 fully saturated rings. The molecule has 0 aromatic heterocycles. The van der Waals surface area contributed by atoms with Crippen molar-refractivity contribution in [3.05, 3.63) is 27.5 Å². The fraction of sp³-hybridized carbons (Fsp3) is 0.200. The van der Waals surface area contributed by atoms with Crippen molar-refractivity contribution in [2.45, 2.75) is 12.8 Å². The molecule has 0 aliphatic rings. The van der Waals surface area contributed by atoms with E-state index in [9.17, 15) is 9.18 Å². The van der Waals surface area contributed by atoms with E-state index in [2.05, 4.69) is 15.9 Å². The van der Waals surface area contributed by atoms with E-state index in [1.807, 2.05) is 6.07 Å². The Morgan fingerprint density at radius 1 is 1.69 bits per heavy atom. The molecule has 0 saturated carbocycles. The molecule has 0 radical (unpaired) electrons. The van der Waals surface area contributed by atoms with Crippen LogP contribution in [0.1, 0.15) is 22.3 Å². The molecule has 0 heterocycles. The van der Waals surface area contributed by atoms with Crippen LogP contribution >= 0.6 is 15.9 Å². The minimum Gasteiger partial charge on any atom is -0.478 e. The van der Waals surface area contributed by atoms with Gasteiger partial charge in [-0.3, -0.25) is 0 Å². The van der Waals surface area contributed by atoms with Gasteiger partial charge in [-0.05, 0) is 34.0 Å². The van der Waals surface area contributed by atoms with Crippen molar-refractivity contribution in [3.8, 4) is 6.07 Å². The number of aryl methyl sites for hydroxylation is 1. The topological polar surface area (TPSA) is 87.1 Å². The molecular weight excluding hydrogens is 279 g/mol. The number of nitrogens with two attached hydrogens (primary N) is 1. The largest absolute Gasteiger partial charge is 0.478 e. The molecule has 84 valence electrons. The standard InChI is InChI=1S/C10H8BrFN2O2/c11-7-5(2-1-3-13)4-6(10(15)16)9(14)8(7)12/h4H,1-2,14H2,(H,15,16). The summed E-state index contributed by atoms with van der Waals surface area (Å²) in [6, 6.07) is 3.18. The summed E-state index contributed by atoms with van der Waals surface area (Å²) >= 11 is 2.99. The fourth-order valence-corrected chi connectivity index (χ4v) is 1.77. The zero-order valence-corrected chi connectivity index (χ0v) is 9.71. The second-order valence-corrected chi connectivity index (χ2v) is 3.88. The summed E-state index contributed by atoms with van der Waals surface area (Å²) in [5.41, 5.74) is 5.07. The number of nitrogen functional groups attached to an aromatic ring is 1. The maximum atomic E-state index is 13.5. The highest BCUT2D eigenvalue weighted by Crippen LogP contribution is 2.29. The van der Waals surface area contributed by atoms with Gasteiger partial charge in [0.25, 0.3) is 0 Å². The van der Waals surface area contributed by atoms with Crippen molar-refractivity contribution in [2.24, 2.45) is 0 Å². The van der Waals surface area contributed by atoms with Gasteiger partial charge < -0.3 is 10.8 Å².